The molecule has 0 aliphatic carbocycles. The topological polar surface area (TPSA) is 75.3 Å². The van der Waals surface area contributed by atoms with E-state index in [0.717, 1.165) is 5.56 Å². The van der Waals surface area contributed by atoms with Crippen molar-refractivity contribution in [2.75, 3.05) is 18.6 Å². The first kappa shape index (κ1) is 17.8. The van der Waals surface area contributed by atoms with Crippen molar-refractivity contribution in [2.45, 2.75) is 25.8 Å². The van der Waals surface area contributed by atoms with Gasteiger partial charge in [-0.05, 0) is 31.4 Å². The fraction of sp³-hybridized carbons (Fsp3) is 0.500. The molecule has 118 valence electrons. The van der Waals surface area contributed by atoms with Crippen LogP contribution in [0.3, 0.4) is 0 Å². The Balaban J connectivity index is 2.27. The molecule has 2 amide bonds. The van der Waals surface area contributed by atoms with Gasteiger partial charge in [-0.15, -0.1) is 0 Å². The van der Waals surface area contributed by atoms with Gasteiger partial charge in [0.25, 0.3) is 0 Å². The average molecular weight is 333 g/mol. The number of halogens is 1. The molecule has 0 saturated heterocycles. The van der Waals surface area contributed by atoms with E-state index >= 15 is 0 Å². The lowest BCUT2D eigenvalue weighted by atomic mass is 10.1. The van der Waals surface area contributed by atoms with E-state index in [1.165, 1.54) is 6.26 Å². The zero-order valence-corrected chi connectivity index (χ0v) is 13.8. The highest BCUT2D eigenvalue weighted by atomic mass is 35.5. The quantitative estimate of drug-likeness (QED) is 0.802. The average Bonchev–Trinajstić information content (AvgIpc) is 2.38. The monoisotopic (exact) mass is 332 g/mol. The highest BCUT2D eigenvalue weighted by molar-refractivity contribution is 7.90. The second kappa shape index (κ2) is 8.24. The van der Waals surface area contributed by atoms with Gasteiger partial charge in [0.1, 0.15) is 9.84 Å². The zero-order chi connectivity index (χ0) is 15.9. The number of amides is 2. The molecule has 0 aliphatic heterocycles. The van der Waals surface area contributed by atoms with E-state index in [1.807, 2.05) is 24.3 Å². The Morgan fingerprint density at radius 3 is 2.62 bits per heavy atom. The Kier molecular flexibility index (Phi) is 6.98. The van der Waals surface area contributed by atoms with E-state index < -0.39 is 9.84 Å². The fourth-order valence-corrected chi connectivity index (χ4v) is 2.76. The van der Waals surface area contributed by atoms with Gasteiger partial charge in [-0.2, -0.15) is 0 Å². The van der Waals surface area contributed by atoms with Gasteiger partial charge in [-0.25, -0.2) is 13.2 Å². The molecule has 0 radical (unpaired) electrons. The van der Waals surface area contributed by atoms with Crippen molar-refractivity contribution in [2.24, 2.45) is 0 Å². The lowest BCUT2D eigenvalue weighted by Crippen LogP contribution is -2.42. The first-order valence-corrected chi connectivity index (χ1v) is 9.17. The molecule has 1 atom stereocenters. The van der Waals surface area contributed by atoms with E-state index in [1.54, 1.807) is 6.92 Å². The maximum atomic E-state index is 11.6. The smallest absolute Gasteiger partial charge is 0.315 e. The van der Waals surface area contributed by atoms with E-state index in [2.05, 4.69) is 10.6 Å². The number of rotatable bonds is 7. The van der Waals surface area contributed by atoms with Gasteiger partial charge in [0.2, 0.25) is 0 Å². The normalized spacial score (nSPS) is 12.7. The molecule has 1 unspecified atom stereocenters. The van der Waals surface area contributed by atoms with Crippen LogP contribution in [0.1, 0.15) is 18.9 Å². The van der Waals surface area contributed by atoms with Crippen LogP contribution in [0.5, 0.6) is 0 Å². The maximum absolute atomic E-state index is 11.6. The second-order valence-corrected chi connectivity index (χ2v) is 7.73. The molecule has 1 rings (SSSR count). The molecule has 5 nitrogen and oxygen atoms in total. The summed E-state index contributed by atoms with van der Waals surface area (Å²) in [7, 11) is -3.00. The van der Waals surface area contributed by atoms with Crippen molar-refractivity contribution in [1.29, 1.82) is 0 Å². The summed E-state index contributed by atoms with van der Waals surface area (Å²) < 4.78 is 22.1. The third kappa shape index (κ3) is 7.92. The molecule has 7 heteroatoms. The number of benzene rings is 1. The van der Waals surface area contributed by atoms with Crippen molar-refractivity contribution in [3.63, 3.8) is 0 Å². The predicted octanol–water partition coefficient (Wildman–Crippen LogP) is 2.00. The highest BCUT2D eigenvalue weighted by Gasteiger charge is 2.10. The Morgan fingerprint density at radius 2 is 2.00 bits per heavy atom. The molecule has 0 heterocycles. The van der Waals surface area contributed by atoms with Crippen LogP contribution in [-0.2, 0) is 16.3 Å². The second-order valence-electron chi connectivity index (χ2n) is 5.06. The number of hydrogen-bond acceptors (Lipinski definition) is 3. The van der Waals surface area contributed by atoms with Crippen LogP contribution in [-0.4, -0.2) is 39.0 Å². The summed E-state index contributed by atoms with van der Waals surface area (Å²) in [5.74, 6) is 0.0636. The number of urea groups is 1. The first-order valence-electron chi connectivity index (χ1n) is 6.73. The van der Waals surface area contributed by atoms with E-state index in [4.69, 9.17) is 11.6 Å². The van der Waals surface area contributed by atoms with Crippen molar-refractivity contribution in [3.8, 4) is 0 Å². The van der Waals surface area contributed by atoms with Gasteiger partial charge in [0.15, 0.2) is 0 Å². The van der Waals surface area contributed by atoms with Crippen LogP contribution in [0.25, 0.3) is 0 Å². The predicted molar refractivity (Wildman–Crippen MR) is 85.5 cm³/mol. The molecular weight excluding hydrogens is 312 g/mol. The van der Waals surface area contributed by atoms with Gasteiger partial charge in [-0.3, -0.25) is 0 Å². The van der Waals surface area contributed by atoms with Crippen molar-refractivity contribution >= 4 is 27.5 Å². The standard InChI is InChI=1S/C14H21ClN2O3S/c1-11(8-10-21(2,19)20)17-14(18)16-9-7-12-5-3-4-6-13(12)15/h3-6,11H,7-10H2,1-2H3,(H2,16,17,18). The SMILES string of the molecule is CC(CCS(C)(=O)=O)NC(=O)NCCc1ccccc1Cl. The van der Waals surface area contributed by atoms with Gasteiger partial charge in [0.05, 0.1) is 5.75 Å². The zero-order valence-electron chi connectivity index (χ0n) is 12.2. The molecular formula is C14H21ClN2O3S. The Hall–Kier alpha value is -1.27. The summed E-state index contributed by atoms with van der Waals surface area (Å²) in [5.41, 5.74) is 0.976. The van der Waals surface area contributed by atoms with Gasteiger partial charge < -0.3 is 10.6 Å². The van der Waals surface area contributed by atoms with E-state index in [0.29, 0.717) is 24.4 Å². The minimum Gasteiger partial charge on any atom is -0.338 e. The lowest BCUT2D eigenvalue weighted by molar-refractivity contribution is 0.237. The van der Waals surface area contributed by atoms with E-state index in [-0.39, 0.29) is 17.8 Å². The molecule has 0 saturated carbocycles. The van der Waals surface area contributed by atoms with Crippen LogP contribution in [0.2, 0.25) is 5.02 Å². The number of carbonyl (C=O) groups is 1. The number of hydrogen-bond donors (Lipinski definition) is 2. The largest absolute Gasteiger partial charge is 0.338 e. The summed E-state index contributed by atoms with van der Waals surface area (Å²) in [5, 5.41) is 6.12. The van der Waals surface area contributed by atoms with Gasteiger partial charge in [0, 0.05) is 23.9 Å². The van der Waals surface area contributed by atoms with Crippen LogP contribution < -0.4 is 10.6 Å². The molecule has 0 fully saturated rings. The van der Waals surface area contributed by atoms with Crippen molar-refractivity contribution in [1.82, 2.24) is 10.6 Å². The molecule has 21 heavy (non-hydrogen) atoms. The number of nitrogens with one attached hydrogen (secondary N) is 2. The Bertz CT molecular complexity index is 575. The molecule has 0 aromatic heterocycles. The minimum atomic E-state index is -3.00. The molecule has 0 spiro atoms. The summed E-state index contributed by atoms with van der Waals surface area (Å²) >= 11 is 6.02. The summed E-state index contributed by atoms with van der Waals surface area (Å²) in [4.78, 5) is 11.6. The third-order valence-corrected chi connectivity index (χ3v) is 4.28. The van der Waals surface area contributed by atoms with Crippen LogP contribution in [0, 0.1) is 0 Å². The fourth-order valence-electron chi connectivity index (χ4n) is 1.75. The number of carbonyl (C=O) groups excluding carboxylic acids is 1. The van der Waals surface area contributed by atoms with Gasteiger partial charge >= 0.3 is 6.03 Å². The van der Waals surface area contributed by atoms with Crippen molar-refractivity contribution in [3.05, 3.63) is 34.9 Å². The Labute approximate surface area is 131 Å². The van der Waals surface area contributed by atoms with Crippen molar-refractivity contribution < 1.29 is 13.2 Å². The first-order chi connectivity index (χ1) is 9.78. The lowest BCUT2D eigenvalue weighted by Gasteiger charge is -2.14. The molecule has 1 aromatic rings. The summed E-state index contributed by atoms with van der Waals surface area (Å²) in [6, 6.07) is 6.98. The molecule has 1 aromatic carbocycles. The van der Waals surface area contributed by atoms with Crippen LogP contribution in [0.4, 0.5) is 4.79 Å². The van der Waals surface area contributed by atoms with Gasteiger partial charge in [-0.1, -0.05) is 29.8 Å². The molecule has 0 aliphatic rings. The minimum absolute atomic E-state index is 0.0636. The number of sulfone groups is 1. The Morgan fingerprint density at radius 1 is 1.33 bits per heavy atom. The van der Waals surface area contributed by atoms with Crippen LogP contribution >= 0.6 is 11.6 Å². The highest BCUT2D eigenvalue weighted by Crippen LogP contribution is 2.14. The third-order valence-electron chi connectivity index (χ3n) is 2.94. The van der Waals surface area contributed by atoms with E-state index in [9.17, 15) is 13.2 Å². The van der Waals surface area contributed by atoms with Crippen LogP contribution in [0.15, 0.2) is 24.3 Å². The summed E-state index contributed by atoms with van der Waals surface area (Å²) in [6.45, 7) is 2.24. The molecule has 2 N–H and O–H groups in total. The molecule has 0 bridgehead atoms. The summed E-state index contributed by atoms with van der Waals surface area (Å²) in [6.07, 6.45) is 2.23. The maximum Gasteiger partial charge on any atom is 0.315 e.